The van der Waals surface area contributed by atoms with Gasteiger partial charge in [0.05, 0.1) is 21.5 Å². The Morgan fingerprint density at radius 1 is 0.679 bits per heavy atom. The fourth-order valence-electron chi connectivity index (χ4n) is 3.37. The third kappa shape index (κ3) is 3.36. The topological polar surface area (TPSA) is 78.1 Å². The summed E-state index contributed by atoms with van der Waals surface area (Å²) in [4.78, 5) is 50.2. The maximum Gasteiger partial charge on any atom is 0.262 e. The van der Waals surface area contributed by atoms with Crippen molar-refractivity contribution in [3.63, 3.8) is 0 Å². The van der Waals surface area contributed by atoms with Crippen LogP contribution >= 0.6 is 0 Å². The summed E-state index contributed by atoms with van der Waals surface area (Å²) in [7, 11) is 0. The Morgan fingerprint density at radius 3 is 1.29 bits per heavy atom. The van der Waals surface area contributed by atoms with Crippen molar-refractivity contribution in [3.05, 3.63) is 53.5 Å². The molecule has 3 rings (SSSR count). The van der Waals surface area contributed by atoms with Crippen molar-refractivity contribution in [3.8, 4) is 0 Å². The van der Waals surface area contributed by atoms with Gasteiger partial charge in [0.15, 0.2) is 0 Å². The molecule has 0 atom stereocenters. The zero-order chi connectivity index (χ0) is 21.8. The third-order valence-electron chi connectivity index (χ3n) is 5.36. The van der Waals surface area contributed by atoms with Gasteiger partial charge in [-0.25, -0.2) is 0 Å². The molecule has 154 valence electrons. The van der Waals surface area contributed by atoms with E-state index in [-0.39, 0.29) is 39.2 Å². The minimum Gasteiger partial charge on any atom is -0.275 e. The highest BCUT2D eigenvalue weighted by atomic mass is 16.2. The molecule has 0 aliphatic heterocycles. The number of hydrogen-bond donors (Lipinski definition) is 0. The monoisotopic (exact) mass is 388 g/mol. The quantitative estimate of drug-likeness (QED) is 0.685. The van der Waals surface area contributed by atoms with E-state index in [1.807, 2.05) is 48.5 Å². The minimum atomic E-state index is -0.582. The number of benzene rings is 1. The molecule has 1 aromatic carbocycles. The van der Waals surface area contributed by atoms with Gasteiger partial charge in [0.1, 0.15) is 0 Å². The number of aromatic nitrogens is 2. The lowest BCUT2D eigenvalue weighted by Gasteiger charge is -2.27. The predicted molar refractivity (Wildman–Crippen MR) is 117 cm³/mol. The fourth-order valence-corrected chi connectivity index (χ4v) is 3.37. The molecule has 2 heterocycles. The molecule has 6 nitrogen and oxygen atoms in total. The molecule has 28 heavy (non-hydrogen) atoms. The van der Waals surface area contributed by atoms with E-state index in [2.05, 4.69) is 0 Å². The van der Waals surface area contributed by atoms with Crippen LogP contribution in [0.5, 0.6) is 0 Å². The molecule has 2 aromatic heterocycles. The molecule has 0 N–H and O–H groups in total. The second-order valence-corrected chi connectivity index (χ2v) is 6.45. The van der Waals surface area contributed by atoms with Crippen molar-refractivity contribution >= 4 is 21.5 Å². The second-order valence-electron chi connectivity index (χ2n) is 6.45. The van der Waals surface area contributed by atoms with Crippen LogP contribution in [0.4, 0.5) is 0 Å². The normalized spacial score (nSPS) is 11.1. The number of fused-ring (bicyclic) bond motifs is 2. The van der Waals surface area contributed by atoms with Gasteiger partial charge < -0.3 is 0 Å². The molecule has 0 aliphatic rings. The summed E-state index contributed by atoms with van der Waals surface area (Å²) < 4.78 is 2.40. The van der Waals surface area contributed by atoms with E-state index >= 15 is 0 Å². The maximum absolute atomic E-state index is 12.8. The lowest BCUT2D eigenvalue weighted by Crippen LogP contribution is -2.42. The van der Waals surface area contributed by atoms with Crippen molar-refractivity contribution < 1.29 is 0 Å². The van der Waals surface area contributed by atoms with E-state index in [4.69, 9.17) is 0 Å². The number of hydrogen-bond acceptors (Lipinski definition) is 4. The zero-order valence-electron chi connectivity index (χ0n) is 18.3. The highest BCUT2D eigenvalue weighted by molar-refractivity contribution is 5.97. The molecule has 0 saturated heterocycles. The van der Waals surface area contributed by atoms with E-state index in [1.54, 1.807) is 6.92 Å². The van der Waals surface area contributed by atoms with Gasteiger partial charge in [0, 0.05) is 12.1 Å². The largest absolute Gasteiger partial charge is 0.275 e. The molecule has 0 amide bonds. The van der Waals surface area contributed by atoms with Crippen molar-refractivity contribution in [2.45, 2.75) is 80.3 Å². The van der Waals surface area contributed by atoms with E-state index in [0.717, 1.165) is 4.57 Å². The molecule has 6 heteroatoms. The van der Waals surface area contributed by atoms with Crippen LogP contribution < -0.4 is 22.2 Å². The van der Waals surface area contributed by atoms with E-state index in [0.29, 0.717) is 12.8 Å². The minimum absolute atomic E-state index is 0.207. The summed E-state index contributed by atoms with van der Waals surface area (Å²) in [5.74, 6) is 0. The molecule has 0 aliphatic carbocycles. The van der Waals surface area contributed by atoms with E-state index in [1.165, 1.54) is 16.7 Å². The second kappa shape index (κ2) is 9.13. The van der Waals surface area contributed by atoms with Crippen LogP contribution in [0.2, 0.25) is 0 Å². The summed E-state index contributed by atoms with van der Waals surface area (Å²) in [6, 6.07) is 2.82. The molecule has 3 aromatic rings. The van der Waals surface area contributed by atoms with Crippen LogP contribution in [0.1, 0.15) is 68.2 Å². The molecule has 0 spiro atoms. The Morgan fingerprint density at radius 2 is 1.00 bits per heavy atom. The highest BCUT2D eigenvalue weighted by Gasteiger charge is 2.29. The first-order chi connectivity index (χ1) is 13.3. The van der Waals surface area contributed by atoms with Crippen molar-refractivity contribution in [2.75, 3.05) is 0 Å². The van der Waals surface area contributed by atoms with Gasteiger partial charge >= 0.3 is 0 Å². The molecule has 0 radical (unpaired) electrons. The Bertz CT molecular complexity index is 1080. The molecule has 0 unspecified atom stereocenters. The lowest BCUT2D eigenvalue weighted by atomic mass is 9.95. The van der Waals surface area contributed by atoms with Crippen molar-refractivity contribution in [2.24, 2.45) is 0 Å². The first kappa shape index (κ1) is 23.5. The molecular weight excluding hydrogens is 356 g/mol. The standard InChI is InChI=1S/C18H20N2O4.2C2H6/c1-5-18(4,6-2)20-16(23)12-8-10-11(9-13(12)17(20)24)15(22)19(7-3)14(10)21;2*1-2/h8-9H,5-7H2,1-4H3;2*1-2H3. The van der Waals surface area contributed by atoms with Crippen LogP contribution in [0.25, 0.3) is 21.5 Å². The number of rotatable bonds is 4. The third-order valence-corrected chi connectivity index (χ3v) is 5.36. The van der Waals surface area contributed by atoms with E-state index < -0.39 is 16.7 Å². The van der Waals surface area contributed by atoms with Gasteiger partial charge in [0.25, 0.3) is 22.2 Å². The van der Waals surface area contributed by atoms with E-state index in [9.17, 15) is 19.2 Å². The van der Waals surface area contributed by atoms with Crippen LogP contribution in [-0.2, 0) is 12.1 Å². The van der Waals surface area contributed by atoms with Gasteiger partial charge in [-0.3, -0.25) is 28.3 Å². The Kier molecular flexibility index (Phi) is 7.67. The average molecular weight is 389 g/mol. The summed E-state index contributed by atoms with van der Waals surface area (Å²) in [6.45, 7) is 15.7. The van der Waals surface area contributed by atoms with Gasteiger partial charge in [-0.1, -0.05) is 41.5 Å². The summed E-state index contributed by atoms with van der Waals surface area (Å²) in [5.41, 5.74) is -2.18. The first-order valence-corrected chi connectivity index (χ1v) is 10.2. The SMILES string of the molecule is CC.CC.CCn1c(=O)c2cc3c(=O)n(C(C)(CC)CC)c(=O)c3cc2c1=O. The Balaban J connectivity index is 0.000000921. The van der Waals surface area contributed by atoms with Crippen LogP contribution in [0.15, 0.2) is 31.3 Å². The van der Waals surface area contributed by atoms with Gasteiger partial charge in [-0.2, -0.15) is 0 Å². The predicted octanol–water partition coefficient (Wildman–Crippen LogP) is 3.52. The zero-order valence-corrected chi connectivity index (χ0v) is 18.3. The van der Waals surface area contributed by atoms with Crippen LogP contribution in [0, 0.1) is 0 Å². The summed E-state index contributed by atoms with van der Waals surface area (Å²) in [5, 5.41) is 0.841. The van der Waals surface area contributed by atoms with Gasteiger partial charge in [-0.05, 0) is 38.8 Å². The Labute approximate surface area is 165 Å². The van der Waals surface area contributed by atoms with Gasteiger partial charge in [-0.15, -0.1) is 0 Å². The van der Waals surface area contributed by atoms with Gasteiger partial charge in [0.2, 0.25) is 0 Å². The van der Waals surface area contributed by atoms with Crippen LogP contribution in [-0.4, -0.2) is 9.13 Å². The summed E-state index contributed by atoms with van der Waals surface area (Å²) in [6.07, 6.45) is 1.27. The fraction of sp³-hybridized carbons (Fsp3) is 0.545. The molecular formula is C22H32N2O4. The smallest absolute Gasteiger partial charge is 0.262 e. The maximum atomic E-state index is 12.8. The van der Waals surface area contributed by atoms with Crippen molar-refractivity contribution in [1.29, 1.82) is 0 Å². The molecule has 0 bridgehead atoms. The lowest BCUT2D eigenvalue weighted by molar-refractivity contribution is 0.282. The molecule has 0 fully saturated rings. The molecule has 0 saturated carbocycles. The van der Waals surface area contributed by atoms with Crippen molar-refractivity contribution in [1.82, 2.24) is 9.13 Å². The van der Waals surface area contributed by atoms with Crippen LogP contribution in [0.3, 0.4) is 0 Å². The summed E-state index contributed by atoms with van der Waals surface area (Å²) >= 11 is 0. The first-order valence-electron chi connectivity index (χ1n) is 10.2. The highest BCUT2D eigenvalue weighted by Crippen LogP contribution is 2.23. The number of nitrogens with zero attached hydrogens (tertiary/aromatic N) is 2. The average Bonchev–Trinajstić information content (AvgIpc) is 3.13. The Hall–Kier alpha value is -2.50.